The fourth-order valence-corrected chi connectivity index (χ4v) is 2.87. The van der Waals surface area contributed by atoms with E-state index in [4.69, 9.17) is 11.0 Å². The highest BCUT2D eigenvalue weighted by Crippen LogP contribution is 2.25. The summed E-state index contributed by atoms with van der Waals surface area (Å²) in [5.41, 5.74) is 0.859. The number of anilines is 2. The van der Waals surface area contributed by atoms with Gasteiger partial charge >= 0.3 is 6.03 Å². The van der Waals surface area contributed by atoms with Gasteiger partial charge in [-0.2, -0.15) is 5.10 Å². The largest absolute Gasteiger partial charge is 0.391 e. The van der Waals surface area contributed by atoms with E-state index >= 15 is 0 Å². The summed E-state index contributed by atoms with van der Waals surface area (Å²) in [6, 6.07) is 8.79. The maximum atomic E-state index is 12.6. The smallest absolute Gasteiger partial charge is 0.320 e. The second-order valence-corrected chi connectivity index (χ2v) is 6.25. The first-order valence-electron chi connectivity index (χ1n) is 12.7. The average molecular weight is 404 g/mol. The number of nitrogens with zero attached hydrogens (tertiary/aromatic N) is 3. The third-order valence-corrected chi connectivity index (χ3v) is 4.23. The van der Waals surface area contributed by atoms with Gasteiger partial charge < -0.3 is 20.1 Å². The van der Waals surface area contributed by atoms with Gasteiger partial charge in [0.1, 0.15) is 5.82 Å². The number of pyridine rings is 1. The molecular weight excluding hydrogens is 372 g/mol. The average Bonchev–Trinajstić information content (AvgIpc) is 3.18. The molecule has 0 bridgehead atoms. The summed E-state index contributed by atoms with van der Waals surface area (Å²) in [4.78, 5) is 16.9. The molecule has 4 rings (SSSR count). The molecule has 1 aliphatic heterocycles. The number of nitrogens with one attached hydrogen (secondary N) is 3. The van der Waals surface area contributed by atoms with E-state index in [1.807, 2.05) is 0 Å². The van der Waals surface area contributed by atoms with Crippen LogP contribution >= 0.6 is 0 Å². The Morgan fingerprint density at radius 1 is 1.34 bits per heavy atom. The van der Waals surface area contributed by atoms with Crippen molar-refractivity contribution >= 4 is 28.6 Å². The Bertz CT molecular complexity index is 1280. The first kappa shape index (κ1) is 11.7. The minimum Gasteiger partial charge on any atom is -0.391 e. The number of H-pyrrole nitrogens is 1. The molecule has 9 heteroatoms. The van der Waals surface area contributed by atoms with Crippen LogP contribution in [-0.4, -0.2) is 58.5 Å². The summed E-state index contributed by atoms with van der Waals surface area (Å²) in [6.45, 7) is -11.3. The van der Waals surface area contributed by atoms with Crippen LogP contribution in [0.2, 0.25) is 0 Å². The van der Waals surface area contributed by atoms with Crippen LogP contribution in [0.3, 0.4) is 0 Å². The van der Waals surface area contributed by atoms with Crippen LogP contribution in [-0.2, 0) is 4.74 Å². The van der Waals surface area contributed by atoms with E-state index in [9.17, 15) is 9.90 Å². The van der Waals surface area contributed by atoms with Crippen molar-refractivity contribution in [3.05, 3.63) is 48.2 Å². The molecule has 0 aliphatic carbocycles. The van der Waals surface area contributed by atoms with Gasteiger partial charge in [0, 0.05) is 25.3 Å². The molecule has 3 aromatic rings. The van der Waals surface area contributed by atoms with Gasteiger partial charge in [-0.25, -0.2) is 9.78 Å². The highest BCUT2D eigenvalue weighted by molar-refractivity contribution is 5.94. The molecule has 29 heavy (non-hydrogen) atoms. The number of aliphatic hydroxyl groups excluding tert-OH is 1. The third-order valence-electron chi connectivity index (χ3n) is 4.23. The van der Waals surface area contributed by atoms with Crippen molar-refractivity contribution in [1.29, 1.82) is 0 Å². The molecule has 9 nitrogen and oxygen atoms in total. The van der Waals surface area contributed by atoms with Gasteiger partial charge in [0.15, 0.2) is 5.82 Å². The maximum Gasteiger partial charge on any atom is 0.320 e. The van der Waals surface area contributed by atoms with Crippen molar-refractivity contribution in [2.24, 2.45) is 0 Å². The number of morpholine rings is 1. The van der Waals surface area contributed by atoms with Crippen LogP contribution in [0.4, 0.5) is 16.4 Å². The van der Waals surface area contributed by atoms with E-state index < -0.39 is 50.1 Å². The van der Waals surface area contributed by atoms with Gasteiger partial charge in [-0.3, -0.25) is 10.4 Å². The van der Waals surface area contributed by atoms with Crippen molar-refractivity contribution in [2.75, 3.05) is 36.3 Å². The summed E-state index contributed by atoms with van der Waals surface area (Å²) in [5, 5.41) is 21.8. The zero-order chi connectivity index (χ0) is 27.4. The molecular formula is C20H24N6O3. The lowest BCUT2D eigenvalue weighted by atomic mass is 10.0. The number of aromatic amines is 1. The number of carbonyl (C=O) groups excluding carboxylic acids is 1. The SMILES string of the molecule is [2H]C1([2H])OC([2H])([2H])C([2H])([2H])N(c2n[nH]c3cc(NC(=O)N[C@@H](c4ccccc4)[C@@H](C)O)ncc23)C1([2H])[2H]. The molecule has 0 spiro atoms. The molecule has 0 saturated carbocycles. The van der Waals surface area contributed by atoms with Gasteiger partial charge in [0.25, 0.3) is 0 Å². The number of rotatable bonds is 5. The van der Waals surface area contributed by atoms with Crippen molar-refractivity contribution in [3.8, 4) is 0 Å². The summed E-state index contributed by atoms with van der Waals surface area (Å²) in [7, 11) is 0. The summed E-state index contributed by atoms with van der Waals surface area (Å²) in [5.74, 6) is -0.404. The standard InChI is InChI=1S/C20H24N6O3/c1-13(27)18(14-5-3-2-4-6-14)23-20(28)22-17-11-16-15(12-21-17)19(25-24-16)26-7-9-29-10-8-26/h2-6,11-13,18,27H,7-10H2,1H3,(H,24,25)(H2,21,22,23,28)/t13-,18-/m1/s1/i7D2,8D2,9D2,10D2. The fraction of sp³-hybridized carbons (Fsp3) is 0.350. The number of aromatic nitrogens is 3. The Morgan fingerprint density at radius 2 is 2.10 bits per heavy atom. The molecule has 2 aromatic heterocycles. The number of aliphatic hydroxyl groups is 1. The Labute approximate surface area is 179 Å². The molecule has 2 atom stereocenters. The molecule has 4 N–H and O–H groups in total. The van der Waals surface area contributed by atoms with Crippen LogP contribution in [0.15, 0.2) is 42.6 Å². The Morgan fingerprint density at radius 3 is 2.83 bits per heavy atom. The van der Waals surface area contributed by atoms with Crippen molar-refractivity contribution in [2.45, 2.75) is 19.1 Å². The van der Waals surface area contributed by atoms with Crippen molar-refractivity contribution < 1.29 is 25.6 Å². The summed E-state index contributed by atoms with van der Waals surface area (Å²) in [6.07, 6.45) is 0.250. The van der Waals surface area contributed by atoms with Gasteiger partial charge in [0.05, 0.1) is 47.1 Å². The predicted octanol–water partition coefficient (Wildman–Crippen LogP) is 2.04. The first-order chi connectivity index (χ1) is 17.1. The van der Waals surface area contributed by atoms with Crippen molar-refractivity contribution in [3.63, 3.8) is 0 Å². The van der Waals surface area contributed by atoms with Crippen LogP contribution in [0.25, 0.3) is 10.9 Å². The number of hydrogen-bond acceptors (Lipinski definition) is 6. The molecule has 1 fully saturated rings. The number of fused-ring (bicyclic) bond motifs is 1. The molecule has 1 aliphatic rings. The van der Waals surface area contributed by atoms with E-state index in [-0.39, 0.29) is 21.6 Å². The lowest BCUT2D eigenvalue weighted by Gasteiger charge is -2.26. The molecule has 1 aromatic carbocycles. The van der Waals surface area contributed by atoms with E-state index in [1.165, 1.54) is 13.0 Å². The number of urea groups is 1. The van der Waals surface area contributed by atoms with E-state index in [0.717, 1.165) is 6.20 Å². The molecule has 2 amide bonds. The summed E-state index contributed by atoms with van der Waals surface area (Å²) >= 11 is 0. The topological polar surface area (TPSA) is 115 Å². The maximum absolute atomic E-state index is 12.6. The second kappa shape index (κ2) is 8.46. The van der Waals surface area contributed by atoms with Gasteiger partial charge in [-0.15, -0.1) is 0 Å². The minimum absolute atomic E-state index is 0.0382. The lowest BCUT2D eigenvalue weighted by molar-refractivity contribution is 0.122. The number of benzene rings is 1. The lowest BCUT2D eigenvalue weighted by Crippen LogP contribution is -2.37. The fourth-order valence-electron chi connectivity index (χ4n) is 2.87. The van der Waals surface area contributed by atoms with E-state index in [2.05, 4.69) is 30.6 Å². The third kappa shape index (κ3) is 4.30. The predicted molar refractivity (Wildman–Crippen MR) is 110 cm³/mol. The first-order valence-corrected chi connectivity index (χ1v) is 8.74. The monoisotopic (exact) mass is 404 g/mol. The van der Waals surface area contributed by atoms with E-state index in [1.54, 1.807) is 30.3 Å². The zero-order valence-electron chi connectivity index (χ0n) is 23.3. The van der Waals surface area contributed by atoms with E-state index in [0.29, 0.717) is 5.56 Å². The number of hydrogen-bond donors (Lipinski definition) is 4. The van der Waals surface area contributed by atoms with Crippen molar-refractivity contribution in [1.82, 2.24) is 20.5 Å². The number of ether oxygens (including phenoxy) is 1. The Kier molecular flexibility index (Phi) is 3.42. The minimum atomic E-state index is -3.24. The number of carbonyl (C=O) groups is 1. The highest BCUT2D eigenvalue weighted by atomic mass is 16.5. The highest BCUT2D eigenvalue weighted by Gasteiger charge is 2.21. The van der Waals surface area contributed by atoms with Gasteiger partial charge in [-0.1, -0.05) is 30.3 Å². The van der Waals surface area contributed by atoms with Crippen LogP contribution in [0, 0.1) is 0 Å². The normalized spacial score (nSPS) is 27.4. The second-order valence-electron chi connectivity index (χ2n) is 6.25. The molecule has 0 radical (unpaired) electrons. The quantitative estimate of drug-likeness (QED) is 0.517. The molecule has 0 unspecified atom stereocenters. The zero-order valence-corrected chi connectivity index (χ0v) is 15.3. The molecule has 1 saturated heterocycles. The van der Waals surface area contributed by atoms with Crippen LogP contribution in [0.1, 0.15) is 29.5 Å². The molecule has 152 valence electrons. The van der Waals surface area contributed by atoms with Gasteiger partial charge in [-0.05, 0) is 12.5 Å². The van der Waals surface area contributed by atoms with Gasteiger partial charge in [0.2, 0.25) is 0 Å². The molecule has 3 heterocycles. The van der Waals surface area contributed by atoms with Crippen LogP contribution in [0.5, 0.6) is 0 Å². The summed E-state index contributed by atoms with van der Waals surface area (Å²) < 4.78 is 68.8. The Hall–Kier alpha value is -3.17. The Balaban J connectivity index is 1.62. The van der Waals surface area contributed by atoms with Crippen LogP contribution < -0.4 is 15.5 Å². The number of amides is 2.